The van der Waals surface area contributed by atoms with E-state index in [1.54, 1.807) is 0 Å². The summed E-state index contributed by atoms with van der Waals surface area (Å²) in [5.74, 6) is 0.0461. The van der Waals surface area contributed by atoms with Crippen molar-refractivity contribution in [2.75, 3.05) is 6.54 Å². The highest BCUT2D eigenvalue weighted by molar-refractivity contribution is 5.77. The molecule has 1 atom stereocenters. The van der Waals surface area contributed by atoms with Crippen molar-refractivity contribution < 1.29 is 9.90 Å². The summed E-state index contributed by atoms with van der Waals surface area (Å²) in [5.41, 5.74) is 11.2. The van der Waals surface area contributed by atoms with E-state index in [0.717, 1.165) is 35.3 Å². The summed E-state index contributed by atoms with van der Waals surface area (Å²) in [6.45, 7) is 1.87. The number of hydrogen-bond donors (Lipinski definition) is 2. The van der Waals surface area contributed by atoms with Crippen molar-refractivity contribution >= 4 is 5.91 Å². The third-order valence-electron chi connectivity index (χ3n) is 5.42. The largest absolute Gasteiger partial charge is 0.390 e. The van der Waals surface area contributed by atoms with Crippen LogP contribution >= 0.6 is 0 Å². The number of aryl methyl sites for hydroxylation is 1. The molecule has 150 valence electrons. The summed E-state index contributed by atoms with van der Waals surface area (Å²) in [6.07, 6.45) is 1.11. The quantitative estimate of drug-likeness (QED) is 0.702. The Hall–Kier alpha value is -2.96. The molecule has 1 aromatic heterocycles. The molecule has 6 heteroatoms. The minimum Gasteiger partial charge on any atom is -0.390 e. The molecule has 0 unspecified atom stereocenters. The SMILES string of the molecule is N[C@@H](CC(=O)N1CCCn2nc(CO)cc2C1)c1ccc(-c2ccccc2)cc1. The van der Waals surface area contributed by atoms with Gasteiger partial charge in [0, 0.05) is 25.6 Å². The molecule has 0 spiro atoms. The van der Waals surface area contributed by atoms with Crippen LogP contribution in [0.2, 0.25) is 0 Å². The van der Waals surface area contributed by atoms with Crippen molar-refractivity contribution in [2.24, 2.45) is 5.73 Å². The zero-order chi connectivity index (χ0) is 20.2. The molecule has 0 saturated carbocycles. The summed E-state index contributed by atoms with van der Waals surface area (Å²) >= 11 is 0. The number of nitrogens with zero attached hydrogens (tertiary/aromatic N) is 3. The molecule has 0 fully saturated rings. The van der Waals surface area contributed by atoms with Gasteiger partial charge in [-0.15, -0.1) is 0 Å². The van der Waals surface area contributed by atoms with Crippen LogP contribution in [0.4, 0.5) is 0 Å². The van der Waals surface area contributed by atoms with E-state index in [4.69, 9.17) is 5.73 Å². The van der Waals surface area contributed by atoms with Crippen molar-refractivity contribution in [3.05, 3.63) is 77.6 Å². The Morgan fingerprint density at radius 3 is 2.52 bits per heavy atom. The van der Waals surface area contributed by atoms with Crippen molar-refractivity contribution in [2.45, 2.75) is 38.6 Å². The number of benzene rings is 2. The van der Waals surface area contributed by atoms with Crippen molar-refractivity contribution in [1.82, 2.24) is 14.7 Å². The molecule has 6 nitrogen and oxygen atoms in total. The zero-order valence-electron chi connectivity index (χ0n) is 16.4. The number of aliphatic hydroxyl groups excluding tert-OH is 1. The Labute approximate surface area is 170 Å². The summed E-state index contributed by atoms with van der Waals surface area (Å²) in [7, 11) is 0. The van der Waals surface area contributed by atoms with Gasteiger partial charge in [0.15, 0.2) is 0 Å². The fraction of sp³-hybridized carbons (Fsp3) is 0.304. The van der Waals surface area contributed by atoms with Crippen molar-refractivity contribution in [1.29, 1.82) is 0 Å². The Bertz CT molecular complexity index is 966. The van der Waals surface area contributed by atoms with E-state index in [1.165, 1.54) is 0 Å². The number of hydrogen-bond acceptors (Lipinski definition) is 4. The molecule has 0 bridgehead atoms. The Morgan fingerprint density at radius 1 is 1.07 bits per heavy atom. The summed E-state index contributed by atoms with van der Waals surface area (Å²) in [5, 5.41) is 13.7. The lowest BCUT2D eigenvalue weighted by molar-refractivity contribution is -0.132. The molecule has 2 aromatic carbocycles. The van der Waals surface area contributed by atoms with E-state index >= 15 is 0 Å². The van der Waals surface area contributed by atoms with Gasteiger partial charge < -0.3 is 15.7 Å². The summed E-state index contributed by atoms with van der Waals surface area (Å²) in [6, 6.07) is 19.8. The van der Waals surface area contributed by atoms with Gasteiger partial charge >= 0.3 is 0 Å². The van der Waals surface area contributed by atoms with Gasteiger partial charge in [0.2, 0.25) is 5.91 Å². The van der Waals surface area contributed by atoms with Crippen LogP contribution < -0.4 is 5.73 Å². The first-order valence-corrected chi connectivity index (χ1v) is 9.99. The number of nitrogens with two attached hydrogens (primary N) is 1. The van der Waals surface area contributed by atoms with Crippen LogP contribution in [0.15, 0.2) is 60.7 Å². The predicted molar refractivity (Wildman–Crippen MR) is 112 cm³/mol. The number of amides is 1. The van der Waals surface area contributed by atoms with Crippen LogP contribution in [-0.4, -0.2) is 32.2 Å². The van der Waals surface area contributed by atoms with E-state index in [9.17, 15) is 9.90 Å². The lowest BCUT2D eigenvalue weighted by atomic mass is 9.99. The molecule has 3 N–H and O–H groups in total. The minimum atomic E-state index is -0.339. The van der Waals surface area contributed by atoms with Crippen LogP contribution in [0.5, 0.6) is 0 Å². The molecular weight excluding hydrogens is 364 g/mol. The molecule has 1 aliphatic rings. The Kier molecular flexibility index (Phi) is 5.74. The van der Waals surface area contributed by atoms with Gasteiger partial charge in [-0.1, -0.05) is 54.6 Å². The molecule has 1 aliphatic heterocycles. The molecule has 29 heavy (non-hydrogen) atoms. The number of carbonyl (C=O) groups excluding carboxylic acids is 1. The third-order valence-corrected chi connectivity index (χ3v) is 5.42. The number of fused-ring (bicyclic) bond motifs is 1. The number of aromatic nitrogens is 2. The first kappa shape index (κ1) is 19.4. The average Bonchev–Trinajstić information content (AvgIpc) is 3.04. The van der Waals surface area contributed by atoms with Gasteiger partial charge in [0.05, 0.1) is 24.5 Å². The van der Waals surface area contributed by atoms with Crippen molar-refractivity contribution in [3.8, 4) is 11.1 Å². The lowest BCUT2D eigenvalue weighted by Gasteiger charge is -2.22. The molecular formula is C23H26N4O2. The topological polar surface area (TPSA) is 84.4 Å². The third kappa shape index (κ3) is 4.39. The van der Waals surface area contributed by atoms with Gasteiger partial charge in [-0.3, -0.25) is 9.48 Å². The van der Waals surface area contributed by atoms with Crippen LogP contribution in [0, 0.1) is 0 Å². The minimum absolute atomic E-state index is 0.0461. The lowest BCUT2D eigenvalue weighted by Crippen LogP contribution is -2.33. The maximum Gasteiger partial charge on any atom is 0.224 e. The normalized spacial score (nSPS) is 14.9. The van der Waals surface area contributed by atoms with E-state index in [0.29, 0.717) is 18.8 Å². The zero-order valence-corrected chi connectivity index (χ0v) is 16.4. The molecule has 3 aromatic rings. The first-order valence-electron chi connectivity index (χ1n) is 9.99. The molecule has 0 aliphatic carbocycles. The van der Waals surface area contributed by atoms with E-state index in [-0.39, 0.29) is 25.0 Å². The van der Waals surface area contributed by atoms with Gasteiger partial charge in [0.1, 0.15) is 0 Å². The van der Waals surface area contributed by atoms with Crippen LogP contribution in [-0.2, 0) is 24.5 Å². The van der Waals surface area contributed by atoms with Gasteiger partial charge in [-0.2, -0.15) is 5.10 Å². The fourth-order valence-corrected chi connectivity index (χ4v) is 3.80. The second-order valence-corrected chi connectivity index (χ2v) is 7.48. The average molecular weight is 390 g/mol. The maximum atomic E-state index is 12.9. The number of aliphatic hydroxyl groups is 1. The van der Waals surface area contributed by atoms with Crippen molar-refractivity contribution in [3.63, 3.8) is 0 Å². The smallest absolute Gasteiger partial charge is 0.224 e. The molecule has 2 heterocycles. The summed E-state index contributed by atoms with van der Waals surface area (Å²) in [4.78, 5) is 14.7. The highest BCUT2D eigenvalue weighted by Crippen LogP contribution is 2.23. The molecule has 4 rings (SSSR count). The second kappa shape index (κ2) is 8.59. The van der Waals surface area contributed by atoms with Crippen LogP contribution in [0.1, 0.15) is 35.8 Å². The van der Waals surface area contributed by atoms with E-state index in [1.807, 2.05) is 46.0 Å². The highest BCUT2D eigenvalue weighted by Gasteiger charge is 2.22. The Balaban J connectivity index is 1.41. The second-order valence-electron chi connectivity index (χ2n) is 7.48. The predicted octanol–water partition coefficient (Wildman–Crippen LogP) is 2.86. The van der Waals surface area contributed by atoms with Gasteiger partial charge in [0.25, 0.3) is 0 Å². The fourth-order valence-electron chi connectivity index (χ4n) is 3.80. The Morgan fingerprint density at radius 2 is 1.79 bits per heavy atom. The number of rotatable bonds is 5. The van der Waals surface area contributed by atoms with E-state index in [2.05, 4.69) is 29.4 Å². The first-order chi connectivity index (χ1) is 14.1. The molecule has 1 amide bonds. The summed E-state index contributed by atoms with van der Waals surface area (Å²) < 4.78 is 1.89. The van der Waals surface area contributed by atoms with Crippen LogP contribution in [0.3, 0.4) is 0 Å². The van der Waals surface area contributed by atoms with E-state index < -0.39 is 0 Å². The van der Waals surface area contributed by atoms with Crippen LogP contribution in [0.25, 0.3) is 11.1 Å². The maximum absolute atomic E-state index is 12.9. The molecule has 0 saturated heterocycles. The van der Waals surface area contributed by atoms with Gasteiger partial charge in [-0.05, 0) is 29.2 Å². The monoisotopic (exact) mass is 390 g/mol. The highest BCUT2D eigenvalue weighted by atomic mass is 16.3. The molecule has 0 radical (unpaired) electrons. The standard InChI is InChI=1S/C23H26N4O2/c24-22(19-9-7-18(8-10-19)17-5-2-1-3-6-17)14-23(29)26-11-4-12-27-21(15-26)13-20(16-28)25-27/h1-3,5-10,13,22,28H,4,11-12,14-16,24H2/t22-/m0/s1. The van der Waals surface area contributed by atoms with Gasteiger partial charge in [-0.25, -0.2) is 0 Å². The number of carbonyl (C=O) groups is 1.